The average Bonchev–Trinajstić information content (AvgIpc) is 3.55. The number of aromatic nitrogens is 2. The summed E-state index contributed by atoms with van der Waals surface area (Å²) < 4.78 is 4.44. The van der Waals surface area contributed by atoms with Gasteiger partial charge in [0.1, 0.15) is 12.1 Å². The van der Waals surface area contributed by atoms with Crippen LogP contribution >= 0.6 is 0 Å². The van der Waals surface area contributed by atoms with E-state index in [2.05, 4.69) is 127 Å². The van der Waals surface area contributed by atoms with Crippen LogP contribution in [0.5, 0.6) is 0 Å². The third-order valence-electron chi connectivity index (χ3n) is 8.96. The van der Waals surface area contributed by atoms with Gasteiger partial charge in [-0.25, -0.2) is 0 Å². The molecule has 0 fully saturated rings. The first kappa shape index (κ1) is 26.5. The van der Waals surface area contributed by atoms with Gasteiger partial charge in [0.2, 0.25) is 0 Å². The molecule has 0 bridgehead atoms. The highest BCUT2D eigenvalue weighted by Crippen LogP contribution is 2.38. The predicted octanol–water partition coefficient (Wildman–Crippen LogP) is 10.2. The molecule has 8 rings (SSSR count). The van der Waals surface area contributed by atoms with E-state index in [0.29, 0.717) is 11.1 Å². The Morgan fingerprint density at radius 2 is 0.822 bits per heavy atom. The zero-order chi connectivity index (χ0) is 30.8. The van der Waals surface area contributed by atoms with E-state index < -0.39 is 0 Å². The molecular formula is C41H28N4. The summed E-state index contributed by atoms with van der Waals surface area (Å²) in [4.78, 5) is 0. The fraction of sp³-hybridized carbons (Fsp3) is 0.0732. The monoisotopic (exact) mass is 576 g/mol. The van der Waals surface area contributed by atoms with Crippen molar-refractivity contribution in [2.45, 2.75) is 20.8 Å². The van der Waals surface area contributed by atoms with Gasteiger partial charge in [-0.1, -0.05) is 66.7 Å². The summed E-state index contributed by atoms with van der Waals surface area (Å²) in [6.07, 6.45) is 0. The van der Waals surface area contributed by atoms with Crippen molar-refractivity contribution < 1.29 is 0 Å². The number of nitriles is 2. The molecule has 6 aromatic carbocycles. The average molecular weight is 577 g/mol. The first-order chi connectivity index (χ1) is 21.9. The minimum atomic E-state index is 0.602. The lowest BCUT2D eigenvalue weighted by Crippen LogP contribution is -2.00. The first-order valence-corrected chi connectivity index (χ1v) is 15.1. The summed E-state index contributed by atoms with van der Waals surface area (Å²) in [5, 5.41) is 25.2. The van der Waals surface area contributed by atoms with E-state index in [0.717, 1.165) is 82.8 Å². The van der Waals surface area contributed by atoms with Gasteiger partial charge in [0.25, 0.3) is 0 Å². The normalized spacial score (nSPS) is 11.4. The van der Waals surface area contributed by atoms with Gasteiger partial charge >= 0.3 is 0 Å². The van der Waals surface area contributed by atoms with Crippen molar-refractivity contribution in [1.82, 2.24) is 9.13 Å². The van der Waals surface area contributed by atoms with Crippen molar-refractivity contribution in [2.24, 2.45) is 0 Å². The molecule has 0 aliphatic rings. The Balaban J connectivity index is 1.40. The Bertz CT molecular complexity index is 2540. The van der Waals surface area contributed by atoms with Gasteiger partial charge in [0, 0.05) is 21.5 Å². The molecule has 0 N–H and O–H groups in total. The molecule has 212 valence electrons. The van der Waals surface area contributed by atoms with Gasteiger partial charge in [-0.3, -0.25) is 0 Å². The van der Waals surface area contributed by atoms with Crippen molar-refractivity contribution in [3.8, 4) is 34.6 Å². The molecule has 2 aromatic heterocycles. The third-order valence-corrected chi connectivity index (χ3v) is 8.96. The minimum Gasteiger partial charge on any atom is -0.308 e. The van der Waals surface area contributed by atoms with E-state index in [-0.39, 0.29) is 0 Å². The number of nitrogens with zero attached hydrogens (tertiary/aromatic N) is 4. The van der Waals surface area contributed by atoms with E-state index in [1.807, 2.05) is 30.3 Å². The molecule has 0 amide bonds. The Labute approximate surface area is 261 Å². The van der Waals surface area contributed by atoms with Crippen LogP contribution in [-0.2, 0) is 0 Å². The Hall–Kier alpha value is -6.10. The molecular weight excluding hydrogens is 548 g/mol. The van der Waals surface area contributed by atoms with Gasteiger partial charge in [-0.2, -0.15) is 10.5 Å². The predicted molar refractivity (Wildman–Crippen MR) is 184 cm³/mol. The second-order valence-electron chi connectivity index (χ2n) is 11.9. The smallest absolute Gasteiger partial charge is 0.101 e. The highest BCUT2D eigenvalue weighted by molar-refractivity contribution is 6.11. The zero-order valence-corrected chi connectivity index (χ0v) is 25.3. The van der Waals surface area contributed by atoms with Crippen LogP contribution < -0.4 is 0 Å². The van der Waals surface area contributed by atoms with Crippen LogP contribution in [0.1, 0.15) is 27.8 Å². The van der Waals surface area contributed by atoms with Crippen molar-refractivity contribution in [1.29, 1.82) is 10.5 Å². The highest BCUT2D eigenvalue weighted by atomic mass is 15.0. The molecule has 45 heavy (non-hydrogen) atoms. The SMILES string of the molecule is Cc1ccc2c3ccccc3n(-c3cc(-c4ccc(C#N)c(-n5c6cc(C)ccc6c6ccc(C)cc65)c4)ccc3C#N)c2c1. The Kier molecular flexibility index (Phi) is 5.88. The summed E-state index contributed by atoms with van der Waals surface area (Å²) in [6.45, 7) is 6.30. The minimum absolute atomic E-state index is 0.602. The van der Waals surface area contributed by atoms with Crippen LogP contribution in [0.3, 0.4) is 0 Å². The van der Waals surface area contributed by atoms with Gasteiger partial charge < -0.3 is 9.13 Å². The quantitative estimate of drug-likeness (QED) is 0.210. The molecule has 4 nitrogen and oxygen atoms in total. The molecule has 0 aliphatic heterocycles. The second kappa shape index (κ2) is 9.98. The van der Waals surface area contributed by atoms with E-state index >= 15 is 0 Å². The van der Waals surface area contributed by atoms with Crippen LogP contribution in [0.15, 0.2) is 115 Å². The molecule has 0 saturated heterocycles. The summed E-state index contributed by atoms with van der Waals surface area (Å²) in [5.41, 5.74) is 12.6. The molecule has 0 atom stereocenters. The van der Waals surface area contributed by atoms with Crippen molar-refractivity contribution in [3.05, 3.63) is 143 Å². The maximum absolute atomic E-state index is 10.3. The number of rotatable bonds is 3. The third kappa shape index (κ3) is 4.04. The maximum Gasteiger partial charge on any atom is 0.101 e. The van der Waals surface area contributed by atoms with Gasteiger partial charge in [0.15, 0.2) is 0 Å². The van der Waals surface area contributed by atoms with Crippen LogP contribution in [0.25, 0.3) is 66.1 Å². The van der Waals surface area contributed by atoms with Crippen LogP contribution in [-0.4, -0.2) is 9.13 Å². The maximum atomic E-state index is 10.3. The lowest BCUT2D eigenvalue weighted by molar-refractivity contribution is 1.16. The van der Waals surface area contributed by atoms with Crippen molar-refractivity contribution in [2.75, 3.05) is 0 Å². The summed E-state index contributed by atoms with van der Waals surface area (Å²) >= 11 is 0. The van der Waals surface area contributed by atoms with Crippen LogP contribution in [0.2, 0.25) is 0 Å². The van der Waals surface area contributed by atoms with Gasteiger partial charge in [0.05, 0.1) is 44.6 Å². The zero-order valence-electron chi connectivity index (χ0n) is 25.3. The molecule has 0 unspecified atom stereocenters. The number of hydrogen-bond acceptors (Lipinski definition) is 2. The lowest BCUT2D eigenvalue weighted by atomic mass is 9.99. The number of benzene rings is 6. The van der Waals surface area contributed by atoms with E-state index in [1.54, 1.807) is 0 Å². The topological polar surface area (TPSA) is 57.4 Å². The fourth-order valence-electron chi connectivity index (χ4n) is 6.82. The number of hydrogen-bond donors (Lipinski definition) is 0. The number of para-hydroxylation sites is 1. The van der Waals surface area contributed by atoms with Crippen LogP contribution in [0, 0.1) is 43.4 Å². The Morgan fingerprint density at radius 3 is 1.27 bits per heavy atom. The molecule has 4 heteroatoms. The molecule has 0 saturated carbocycles. The lowest BCUT2D eigenvalue weighted by Gasteiger charge is -2.15. The fourth-order valence-corrected chi connectivity index (χ4v) is 6.82. The van der Waals surface area contributed by atoms with E-state index in [1.165, 1.54) is 0 Å². The standard InChI is InChI=1S/C41H28N4/c1-25-8-15-33-32-6-4-5-7-36(32)44(39(33)18-25)37-21-28(11-13-30(37)23-42)29-12-14-31(24-43)38(22-29)45-40-19-26(2)9-16-34(40)35-17-10-27(3)20-41(35)45/h4-22H,1-3H3. The largest absolute Gasteiger partial charge is 0.308 e. The second-order valence-corrected chi connectivity index (χ2v) is 11.9. The number of fused-ring (bicyclic) bond motifs is 6. The first-order valence-electron chi connectivity index (χ1n) is 15.1. The van der Waals surface area contributed by atoms with E-state index in [9.17, 15) is 10.5 Å². The summed E-state index contributed by atoms with van der Waals surface area (Å²) in [6, 6.07) is 44.8. The van der Waals surface area contributed by atoms with Crippen molar-refractivity contribution in [3.63, 3.8) is 0 Å². The van der Waals surface area contributed by atoms with Crippen LogP contribution in [0.4, 0.5) is 0 Å². The van der Waals surface area contributed by atoms with E-state index in [4.69, 9.17) is 0 Å². The van der Waals surface area contributed by atoms with Gasteiger partial charge in [-0.15, -0.1) is 0 Å². The molecule has 0 spiro atoms. The highest BCUT2D eigenvalue weighted by Gasteiger charge is 2.19. The summed E-state index contributed by atoms with van der Waals surface area (Å²) in [5.74, 6) is 0. The molecule has 0 radical (unpaired) electrons. The molecule has 0 aliphatic carbocycles. The summed E-state index contributed by atoms with van der Waals surface area (Å²) in [7, 11) is 0. The Morgan fingerprint density at radius 1 is 0.422 bits per heavy atom. The number of aryl methyl sites for hydroxylation is 3. The van der Waals surface area contributed by atoms with Crippen molar-refractivity contribution >= 4 is 43.6 Å². The molecule has 2 heterocycles. The van der Waals surface area contributed by atoms with Gasteiger partial charge in [-0.05, 0) is 97.1 Å². The molecule has 8 aromatic rings.